The molecular formula is C18H14FN3O2S. The van der Waals surface area contributed by atoms with E-state index in [4.69, 9.17) is 5.73 Å². The third-order valence-corrected chi connectivity index (χ3v) is 5.12. The summed E-state index contributed by atoms with van der Waals surface area (Å²) in [6.45, 7) is 0. The van der Waals surface area contributed by atoms with Gasteiger partial charge in [-0.2, -0.15) is 0 Å². The first-order chi connectivity index (χ1) is 12.0. The van der Waals surface area contributed by atoms with Gasteiger partial charge < -0.3 is 10.8 Å². The molecule has 0 aliphatic heterocycles. The summed E-state index contributed by atoms with van der Waals surface area (Å²) < 4.78 is 16.3. The Bertz CT molecular complexity index is 1090. The van der Waals surface area contributed by atoms with Crippen molar-refractivity contribution in [2.24, 2.45) is 5.73 Å². The molecule has 4 rings (SSSR count). The van der Waals surface area contributed by atoms with Crippen molar-refractivity contribution in [3.63, 3.8) is 0 Å². The van der Waals surface area contributed by atoms with Crippen LogP contribution in [0, 0.1) is 5.82 Å². The fraction of sp³-hybridized carbons (Fsp3) is 0.111. The maximum atomic E-state index is 13.3. The highest BCUT2D eigenvalue weighted by Crippen LogP contribution is 2.33. The highest BCUT2D eigenvalue weighted by Gasteiger charge is 2.22. The molecule has 0 bridgehead atoms. The van der Waals surface area contributed by atoms with Gasteiger partial charge in [-0.25, -0.2) is 9.37 Å². The first kappa shape index (κ1) is 15.7. The van der Waals surface area contributed by atoms with Crippen LogP contribution in [-0.2, 0) is 11.2 Å². The monoisotopic (exact) mass is 355 g/mol. The number of aromatic nitrogens is 2. The van der Waals surface area contributed by atoms with Gasteiger partial charge in [0.1, 0.15) is 11.9 Å². The van der Waals surface area contributed by atoms with Crippen LogP contribution < -0.4 is 5.73 Å². The average Bonchev–Trinajstić information content (AvgIpc) is 3.12. The van der Waals surface area contributed by atoms with Crippen molar-refractivity contribution >= 4 is 32.5 Å². The van der Waals surface area contributed by atoms with Gasteiger partial charge in [-0.05, 0) is 36.4 Å². The molecule has 0 spiro atoms. The second-order valence-electron chi connectivity index (χ2n) is 5.75. The lowest BCUT2D eigenvalue weighted by Gasteiger charge is -2.09. The Kier molecular flexibility index (Phi) is 3.74. The molecule has 2 heterocycles. The largest absolute Gasteiger partial charge is 0.480 e. The van der Waals surface area contributed by atoms with Crippen molar-refractivity contribution in [2.45, 2.75) is 12.5 Å². The predicted octanol–water partition coefficient (Wildman–Crippen LogP) is 3.31. The lowest BCUT2D eigenvalue weighted by molar-refractivity contribution is -0.138. The van der Waals surface area contributed by atoms with Crippen molar-refractivity contribution < 1.29 is 14.3 Å². The van der Waals surface area contributed by atoms with Gasteiger partial charge >= 0.3 is 5.97 Å². The minimum Gasteiger partial charge on any atom is -0.480 e. The van der Waals surface area contributed by atoms with Gasteiger partial charge in [0.15, 0.2) is 4.96 Å². The predicted molar refractivity (Wildman–Crippen MR) is 95.3 cm³/mol. The Morgan fingerprint density at radius 1 is 1.24 bits per heavy atom. The second-order valence-corrected chi connectivity index (χ2v) is 6.76. The summed E-state index contributed by atoms with van der Waals surface area (Å²) in [5.41, 5.74) is 8.82. The average molecular weight is 355 g/mol. The van der Waals surface area contributed by atoms with Crippen LogP contribution in [0.3, 0.4) is 0 Å². The number of benzene rings is 2. The number of para-hydroxylation sites is 1. The van der Waals surface area contributed by atoms with E-state index in [2.05, 4.69) is 4.98 Å². The second kappa shape index (κ2) is 5.94. The summed E-state index contributed by atoms with van der Waals surface area (Å²) >= 11 is 1.52. The van der Waals surface area contributed by atoms with Gasteiger partial charge in [0.2, 0.25) is 0 Å². The minimum absolute atomic E-state index is 0.129. The molecule has 0 radical (unpaired) electrons. The quantitative estimate of drug-likeness (QED) is 0.588. The Balaban J connectivity index is 1.98. The van der Waals surface area contributed by atoms with Gasteiger partial charge in [0.25, 0.3) is 0 Å². The number of thiazole rings is 1. The number of nitrogens with zero attached hydrogens (tertiary/aromatic N) is 2. The van der Waals surface area contributed by atoms with Gasteiger partial charge in [0.05, 0.1) is 21.6 Å². The molecule has 1 atom stereocenters. The Morgan fingerprint density at radius 3 is 2.68 bits per heavy atom. The maximum absolute atomic E-state index is 13.3. The van der Waals surface area contributed by atoms with E-state index in [1.807, 2.05) is 28.7 Å². The SMILES string of the molecule is NC(Cc1c(-c2ccc(F)cc2)nc2sc3ccccc3n12)C(=O)O. The van der Waals surface area contributed by atoms with Crippen LogP contribution in [0.4, 0.5) is 4.39 Å². The Morgan fingerprint density at radius 2 is 1.96 bits per heavy atom. The molecule has 0 aliphatic rings. The maximum Gasteiger partial charge on any atom is 0.320 e. The highest BCUT2D eigenvalue weighted by molar-refractivity contribution is 7.23. The summed E-state index contributed by atoms with van der Waals surface area (Å²) in [6.07, 6.45) is 0.129. The number of hydrogen-bond donors (Lipinski definition) is 2. The zero-order valence-electron chi connectivity index (χ0n) is 13.0. The van der Waals surface area contributed by atoms with Crippen LogP contribution in [0.25, 0.3) is 26.4 Å². The standard InChI is InChI=1S/C18H14FN3O2S/c19-11-7-5-10(6-8-11)16-14(9-12(20)17(23)24)22-13-3-1-2-4-15(13)25-18(22)21-16/h1-8,12H,9,20H2,(H,23,24). The molecule has 3 N–H and O–H groups in total. The molecule has 2 aromatic carbocycles. The summed E-state index contributed by atoms with van der Waals surface area (Å²) in [6, 6.07) is 12.8. The molecule has 1 unspecified atom stereocenters. The molecule has 5 nitrogen and oxygen atoms in total. The smallest absolute Gasteiger partial charge is 0.320 e. The van der Waals surface area contributed by atoms with Crippen LogP contribution in [0.1, 0.15) is 5.69 Å². The molecule has 126 valence electrons. The normalized spacial score (nSPS) is 12.7. The van der Waals surface area contributed by atoms with E-state index >= 15 is 0 Å². The molecule has 0 saturated heterocycles. The van der Waals surface area contributed by atoms with E-state index in [9.17, 15) is 14.3 Å². The van der Waals surface area contributed by atoms with E-state index in [-0.39, 0.29) is 12.2 Å². The molecule has 4 aromatic rings. The fourth-order valence-corrected chi connectivity index (χ4v) is 3.94. The number of imidazole rings is 1. The first-order valence-electron chi connectivity index (χ1n) is 7.68. The number of aliphatic carboxylic acids is 1. The van der Waals surface area contributed by atoms with Crippen LogP contribution in [0.15, 0.2) is 48.5 Å². The number of fused-ring (bicyclic) bond motifs is 3. The molecule has 0 fully saturated rings. The number of carboxylic acid groups (broad SMARTS) is 1. The van der Waals surface area contributed by atoms with Gasteiger partial charge in [-0.3, -0.25) is 9.20 Å². The Labute approximate surface area is 146 Å². The fourth-order valence-electron chi connectivity index (χ4n) is 2.90. The van der Waals surface area contributed by atoms with E-state index in [1.165, 1.54) is 23.5 Å². The molecule has 0 aliphatic carbocycles. The van der Waals surface area contributed by atoms with Gasteiger partial charge in [0, 0.05) is 12.0 Å². The van der Waals surface area contributed by atoms with E-state index in [1.54, 1.807) is 12.1 Å². The van der Waals surface area contributed by atoms with E-state index in [0.29, 0.717) is 11.4 Å². The van der Waals surface area contributed by atoms with Crippen molar-refractivity contribution in [1.82, 2.24) is 9.38 Å². The summed E-state index contributed by atoms with van der Waals surface area (Å²) in [5, 5.41) is 9.21. The zero-order chi connectivity index (χ0) is 17.6. The molecular weight excluding hydrogens is 341 g/mol. The van der Waals surface area contributed by atoms with E-state index in [0.717, 1.165) is 20.7 Å². The number of rotatable bonds is 4. The summed E-state index contributed by atoms with van der Waals surface area (Å²) in [7, 11) is 0. The van der Waals surface area contributed by atoms with Gasteiger partial charge in [-0.1, -0.05) is 23.5 Å². The van der Waals surface area contributed by atoms with Crippen molar-refractivity contribution in [1.29, 1.82) is 0 Å². The third-order valence-electron chi connectivity index (χ3n) is 4.10. The molecule has 2 aromatic heterocycles. The summed E-state index contributed by atoms with van der Waals surface area (Å²) in [4.78, 5) is 16.7. The number of carbonyl (C=O) groups is 1. The summed E-state index contributed by atoms with van der Waals surface area (Å²) in [5.74, 6) is -1.40. The van der Waals surface area contributed by atoms with Gasteiger partial charge in [-0.15, -0.1) is 0 Å². The lowest BCUT2D eigenvalue weighted by Crippen LogP contribution is -2.32. The van der Waals surface area contributed by atoms with Crippen LogP contribution in [-0.4, -0.2) is 26.5 Å². The van der Waals surface area contributed by atoms with Crippen LogP contribution in [0.5, 0.6) is 0 Å². The molecule has 0 amide bonds. The minimum atomic E-state index is -1.07. The topological polar surface area (TPSA) is 80.6 Å². The number of hydrogen-bond acceptors (Lipinski definition) is 4. The number of halogens is 1. The first-order valence-corrected chi connectivity index (χ1v) is 8.49. The van der Waals surface area contributed by atoms with Crippen molar-refractivity contribution in [3.8, 4) is 11.3 Å². The third kappa shape index (κ3) is 2.67. The number of nitrogens with two attached hydrogens (primary N) is 1. The lowest BCUT2D eigenvalue weighted by atomic mass is 10.1. The Hall–Kier alpha value is -2.77. The van der Waals surface area contributed by atoms with E-state index < -0.39 is 12.0 Å². The molecule has 7 heteroatoms. The van der Waals surface area contributed by atoms with Crippen molar-refractivity contribution in [3.05, 3.63) is 60.0 Å². The van der Waals surface area contributed by atoms with Crippen LogP contribution in [0.2, 0.25) is 0 Å². The van der Waals surface area contributed by atoms with Crippen molar-refractivity contribution in [2.75, 3.05) is 0 Å². The molecule has 0 saturated carbocycles. The number of carboxylic acids is 1. The highest BCUT2D eigenvalue weighted by atomic mass is 32.1. The van der Waals surface area contributed by atoms with Crippen LogP contribution >= 0.6 is 11.3 Å². The zero-order valence-corrected chi connectivity index (χ0v) is 13.8. The molecule has 25 heavy (non-hydrogen) atoms.